The standard InChI is InChI=1S/C11H14BrN3/c1-2-3-4-10-14-9-6-7(12)5-8(13)11(9)15-10/h5-6H,2-4,13H2,1H3,(H,14,15). The summed E-state index contributed by atoms with van der Waals surface area (Å²) >= 11 is 3.42. The fourth-order valence-corrected chi connectivity index (χ4v) is 2.10. The molecule has 15 heavy (non-hydrogen) atoms. The van der Waals surface area contributed by atoms with Gasteiger partial charge in [-0.3, -0.25) is 0 Å². The van der Waals surface area contributed by atoms with Crippen LogP contribution in [0.25, 0.3) is 11.0 Å². The van der Waals surface area contributed by atoms with E-state index >= 15 is 0 Å². The minimum absolute atomic E-state index is 0.721. The van der Waals surface area contributed by atoms with E-state index < -0.39 is 0 Å². The van der Waals surface area contributed by atoms with Crippen LogP contribution in [-0.4, -0.2) is 9.97 Å². The fraction of sp³-hybridized carbons (Fsp3) is 0.364. The number of unbranched alkanes of at least 4 members (excludes halogenated alkanes) is 1. The summed E-state index contributed by atoms with van der Waals surface area (Å²) in [4.78, 5) is 7.78. The van der Waals surface area contributed by atoms with Crippen LogP contribution < -0.4 is 5.73 Å². The second-order valence-electron chi connectivity index (χ2n) is 3.68. The van der Waals surface area contributed by atoms with E-state index in [1.807, 2.05) is 12.1 Å². The summed E-state index contributed by atoms with van der Waals surface area (Å²) in [5.41, 5.74) is 8.49. The van der Waals surface area contributed by atoms with E-state index in [0.717, 1.165) is 39.9 Å². The number of aromatic amines is 1. The molecule has 0 saturated carbocycles. The summed E-state index contributed by atoms with van der Waals surface area (Å²) in [6, 6.07) is 3.89. The molecule has 0 amide bonds. The molecule has 1 aromatic carbocycles. The molecule has 2 rings (SSSR count). The smallest absolute Gasteiger partial charge is 0.112 e. The number of nitrogens with one attached hydrogen (secondary N) is 1. The molecule has 0 radical (unpaired) electrons. The number of halogens is 1. The van der Waals surface area contributed by atoms with E-state index in [9.17, 15) is 0 Å². The SMILES string of the molecule is CCCCc1nc2c(N)cc(Br)cc2[nH]1. The lowest BCUT2D eigenvalue weighted by Crippen LogP contribution is -1.87. The second-order valence-corrected chi connectivity index (χ2v) is 4.59. The molecule has 80 valence electrons. The summed E-state index contributed by atoms with van der Waals surface area (Å²) in [5, 5.41) is 0. The number of aromatic nitrogens is 2. The first-order valence-electron chi connectivity index (χ1n) is 5.14. The first kappa shape index (κ1) is 10.5. The molecular formula is C11H14BrN3. The molecule has 3 N–H and O–H groups in total. The van der Waals surface area contributed by atoms with Crippen molar-refractivity contribution in [2.75, 3.05) is 5.73 Å². The number of hydrogen-bond acceptors (Lipinski definition) is 2. The normalized spacial score (nSPS) is 11.1. The minimum atomic E-state index is 0.721. The maximum atomic E-state index is 5.89. The maximum absolute atomic E-state index is 5.89. The molecular weight excluding hydrogens is 254 g/mol. The largest absolute Gasteiger partial charge is 0.397 e. The van der Waals surface area contributed by atoms with E-state index in [4.69, 9.17) is 5.73 Å². The zero-order valence-corrected chi connectivity index (χ0v) is 10.3. The number of nitrogens with zero attached hydrogens (tertiary/aromatic N) is 1. The van der Waals surface area contributed by atoms with Crippen LogP contribution in [0.3, 0.4) is 0 Å². The van der Waals surface area contributed by atoms with Crippen LogP contribution in [0.1, 0.15) is 25.6 Å². The van der Waals surface area contributed by atoms with Gasteiger partial charge < -0.3 is 10.7 Å². The van der Waals surface area contributed by atoms with Gasteiger partial charge in [0.2, 0.25) is 0 Å². The van der Waals surface area contributed by atoms with E-state index in [0.29, 0.717) is 0 Å². The Kier molecular flexibility index (Phi) is 2.95. The second kappa shape index (κ2) is 4.23. The molecule has 0 bridgehead atoms. The Balaban J connectivity index is 2.41. The minimum Gasteiger partial charge on any atom is -0.397 e. The highest BCUT2D eigenvalue weighted by Gasteiger charge is 2.06. The van der Waals surface area contributed by atoms with Crippen LogP contribution in [0.4, 0.5) is 5.69 Å². The van der Waals surface area contributed by atoms with Gasteiger partial charge in [0.05, 0.1) is 11.2 Å². The highest BCUT2D eigenvalue weighted by molar-refractivity contribution is 9.10. The monoisotopic (exact) mass is 267 g/mol. The summed E-state index contributed by atoms with van der Waals surface area (Å²) < 4.78 is 0.984. The number of benzene rings is 1. The highest BCUT2D eigenvalue weighted by Crippen LogP contribution is 2.24. The molecule has 0 aliphatic carbocycles. The van der Waals surface area contributed by atoms with Crippen molar-refractivity contribution in [1.29, 1.82) is 0 Å². The lowest BCUT2D eigenvalue weighted by molar-refractivity contribution is 0.765. The van der Waals surface area contributed by atoms with Crippen molar-refractivity contribution in [1.82, 2.24) is 9.97 Å². The average Bonchev–Trinajstić information content (AvgIpc) is 2.57. The van der Waals surface area contributed by atoms with E-state index in [-0.39, 0.29) is 0 Å². The fourth-order valence-electron chi connectivity index (χ4n) is 1.62. The van der Waals surface area contributed by atoms with Crippen molar-refractivity contribution in [3.05, 3.63) is 22.4 Å². The Hall–Kier alpha value is -1.03. The van der Waals surface area contributed by atoms with Gasteiger partial charge in [-0.2, -0.15) is 0 Å². The first-order chi connectivity index (χ1) is 7.20. The molecule has 0 aliphatic heterocycles. The number of H-pyrrole nitrogens is 1. The topological polar surface area (TPSA) is 54.7 Å². The van der Waals surface area contributed by atoms with Gasteiger partial charge in [-0.15, -0.1) is 0 Å². The number of imidazole rings is 1. The molecule has 0 aliphatic rings. The Morgan fingerprint density at radius 2 is 2.27 bits per heavy atom. The van der Waals surface area contributed by atoms with Crippen molar-refractivity contribution < 1.29 is 0 Å². The molecule has 0 fully saturated rings. The number of nitrogens with two attached hydrogens (primary N) is 1. The number of anilines is 1. The zero-order valence-electron chi connectivity index (χ0n) is 8.68. The van der Waals surface area contributed by atoms with Crippen molar-refractivity contribution in [2.24, 2.45) is 0 Å². The predicted octanol–water partition coefficient (Wildman–Crippen LogP) is 3.25. The van der Waals surface area contributed by atoms with Crippen LogP contribution >= 0.6 is 15.9 Å². The lowest BCUT2D eigenvalue weighted by Gasteiger charge is -1.94. The van der Waals surface area contributed by atoms with Gasteiger partial charge in [-0.05, 0) is 18.6 Å². The van der Waals surface area contributed by atoms with Crippen molar-refractivity contribution in [2.45, 2.75) is 26.2 Å². The van der Waals surface area contributed by atoms with E-state index in [1.165, 1.54) is 6.42 Å². The summed E-state index contributed by atoms with van der Waals surface area (Å²) in [6.07, 6.45) is 3.32. The van der Waals surface area contributed by atoms with Crippen LogP contribution in [0.2, 0.25) is 0 Å². The van der Waals surface area contributed by atoms with Gasteiger partial charge in [0.15, 0.2) is 0 Å². The molecule has 3 nitrogen and oxygen atoms in total. The van der Waals surface area contributed by atoms with E-state index in [1.54, 1.807) is 0 Å². The van der Waals surface area contributed by atoms with Gasteiger partial charge in [-0.1, -0.05) is 29.3 Å². The third-order valence-corrected chi connectivity index (χ3v) is 2.85. The molecule has 1 aromatic heterocycles. The molecule has 4 heteroatoms. The average molecular weight is 268 g/mol. The zero-order chi connectivity index (χ0) is 10.8. The van der Waals surface area contributed by atoms with Crippen molar-refractivity contribution in [3.8, 4) is 0 Å². The van der Waals surface area contributed by atoms with Crippen molar-refractivity contribution in [3.63, 3.8) is 0 Å². The third kappa shape index (κ3) is 2.15. The summed E-state index contributed by atoms with van der Waals surface area (Å²) in [7, 11) is 0. The Bertz CT molecular complexity index is 476. The Labute approximate surface area is 97.2 Å². The van der Waals surface area contributed by atoms with E-state index in [2.05, 4.69) is 32.8 Å². The molecule has 0 saturated heterocycles. The number of aryl methyl sites for hydroxylation is 1. The van der Waals surface area contributed by atoms with Gasteiger partial charge in [0, 0.05) is 10.9 Å². The quantitative estimate of drug-likeness (QED) is 0.839. The van der Waals surface area contributed by atoms with Crippen molar-refractivity contribution >= 4 is 32.7 Å². The number of hydrogen-bond donors (Lipinski definition) is 2. The number of nitrogen functional groups attached to an aromatic ring is 1. The molecule has 0 spiro atoms. The lowest BCUT2D eigenvalue weighted by atomic mass is 10.2. The first-order valence-corrected chi connectivity index (χ1v) is 5.93. The predicted molar refractivity (Wildman–Crippen MR) is 66.8 cm³/mol. The number of rotatable bonds is 3. The molecule has 0 atom stereocenters. The van der Waals surface area contributed by atoms with Crippen LogP contribution in [-0.2, 0) is 6.42 Å². The van der Waals surface area contributed by atoms with Crippen LogP contribution in [0.5, 0.6) is 0 Å². The highest BCUT2D eigenvalue weighted by atomic mass is 79.9. The van der Waals surface area contributed by atoms with Gasteiger partial charge in [0.25, 0.3) is 0 Å². The summed E-state index contributed by atoms with van der Waals surface area (Å²) in [6.45, 7) is 2.17. The molecule has 0 unspecified atom stereocenters. The van der Waals surface area contributed by atoms with Crippen LogP contribution in [0, 0.1) is 0 Å². The summed E-state index contributed by atoms with van der Waals surface area (Å²) in [5.74, 6) is 1.02. The van der Waals surface area contributed by atoms with Gasteiger partial charge >= 0.3 is 0 Å². The van der Waals surface area contributed by atoms with Gasteiger partial charge in [0.1, 0.15) is 11.3 Å². The maximum Gasteiger partial charge on any atom is 0.112 e. The Morgan fingerprint density at radius 1 is 1.47 bits per heavy atom. The van der Waals surface area contributed by atoms with Gasteiger partial charge in [-0.25, -0.2) is 4.98 Å². The third-order valence-electron chi connectivity index (χ3n) is 2.40. The van der Waals surface area contributed by atoms with Crippen LogP contribution in [0.15, 0.2) is 16.6 Å². The number of fused-ring (bicyclic) bond motifs is 1. The Morgan fingerprint density at radius 3 is 3.00 bits per heavy atom. The molecule has 2 aromatic rings. The molecule has 1 heterocycles.